The van der Waals surface area contributed by atoms with Crippen LogP contribution in [0.2, 0.25) is 19.6 Å². The molecule has 0 aromatic heterocycles. The van der Waals surface area contributed by atoms with Gasteiger partial charge >= 0.3 is 0 Å². The molecule has 0 amide bonds. The van der Waals surface area contributed by atoms with Crippen LogP contribution in [0.1, 0.15) is 11.1 Å². The molecule has 2 aromatic rings. The Labute approximate surface area is 133 Å². The summed E-state index contributed by atoms with van der Waals surface area (Å²) in [5.41, 5.74) is 3.27. The standard InChI is InChI=1S/C19H22O2Si/c1-22(2,3)19(14-15-10-6-4-7-11-15)17(18(20)21-19)16-12-8-5-9-13-16/h4-13,20H,14H2,1-3H3. The van der Waals surface area contributed by atoms with Crippen molar-refractivity contribution in [2.75, 3.05) is 0 Å². The average Bonchev–Trinajstić information content (AvgIpc) is 2.47. The van der Waals surface area contributed by atoms with Gasteiger partial charge in [-0.3, -0.25) is 0 Å². The summed E-state index contributed by atoms with van der Waals surface area (Å²) in [5, 5.41) is 9.84. The number of benzene rings is 2. The summed E-state index contributed by atoms with van der Waals surface area (Å²) in [6, 6.07) is 20.5. The fourth-order valence-electron chi connectivity index (χ4n) is 3.16. The average molecular weight is 310 g/mol. The van der Waals surface area contributed by atoms with Gasteiger partial charge in [0.25, 0.3) is 5.95 Å². The van der Waals surface area contributed by atoms with Crippen LogP contribution in [0.3, 0.4) is 0 Å². The fraction of sp³-hybridized carbons (Fsp3) is 0.263. The van der Waals surface area contributed by atoms with Crippen molar-refractivity contribution in [3.8, 4) is 0 Å². The van der Waals surface area contributed by atoms with E-state index in [2.05, 4.69) is 43.9 Å². The van der Waals surface area contributed by atoms with Gasteiger partial charge in [-0.25, -0.2) is 0 Å². The Balaban J connectivity index is 2.06. The van der Waals surface area contributed by atoms with Crippen LogP contribution in [0.5, 0.6) is 0 Å². The van der Waals surface area contributed by atoms with Gasteiger partial charge in [0.05, 0.1) is 5.57 Å². The third-order valence-electron chi connectivity index (χ3n) is 4.46. The Bertz CT molecular complexity index is 686. The molecule has 0 spiro atoms. The highest BCUT2D eigenvalue weighted by Gasteiger charge is 2.57. The molecule has 1 unspecified atom stereocenters. The van der Waals surface area contributed by atoms with Gasteiger partial charge in [-0.2, -0.15) is 0 Å². The molecular formula is C19H22O2Si. The van der Waals surface area contributed by atoms with Crippen molar-refractivity contribution in [2.45, 2.75) is 31.3 Å². The maximum absolute atomic E-state index is 10.2. The normalized spacial score (nSPS) is 21.2. The summed E-state index contributed by atoms with van der Waals surface area (Å²) >= 11 is 0. The molecular weight excluding hydrogens is 288 g/mol. The van der Waals surface area contributed by atoms with E-state index >= 15 is 0 Å². The molecule has 1 N–H and O–H groups in total. The van der Waals surface area contributed by atoms with Gasteiger partial charge in [0.1, 0.15) is 13.3 Å². The van der Waals surface area contributed by atoms with E-state index in [9.17, 15) is 5.11 Å². The van der Waals surface area contributed by atoms with E-state index in [0.717, 1.165) is 17.6 Å². The molecule has 0 saturated heterocycles. The Morgan fingerprint density at radius 3 is 1.95 bits per heavy atom. The van der Waals surface area contributed by atoms with E-state index in [1.54, 1.807) is 0 Å². The van der Waals surface area contributed by atoms with Crippen molar-refractivity contribution in [1.82, 2.24) is 0 Å². The van der Waals surface area contributed by atoms with Gasteiger partial charge in [0, 0.05) is 6.42 Å². The number of rotatable bonds is 4. The molecule has 3 heteroatoms. The van der Waals surface area contributed by atoms with Gasteiger partial charge in [0.2, 0.25) is 0 Å². The van der Waals surface area contributed by atoms with Gasteiger partial charge in [-0.1, -0.05) is 80.3 Å². The van der Waals surface area contributed by atoms with Gasteiger partial charge in [-0.15, -0.1) is 0 Å². The SMILES string of the molecule is C[Si](C)(C)C1(Cc2ccccc2)OC(O)=C1c1ccccc1. The summed E-state index contributed by atoms with van der Waals surface area (Å²) in [6.45, 7) is 6.89. The zero-order valence-electron chi connectivity index (χ0n) is 13.3. The quantitative estimate of drug-likeness (QED) is 0.822. The summed E-state index contributed by atoms with van der Waals surface area (Å²) < 4.78 is 5.96. The van der Waals surface area contributed by atoms with Crippen molar-refractivity contribution in [3.63, 3.8) is 0 Å². The molecule has 2 nitrogen and oxygen atoms in total. The van der Waals surface area contributed by atoms with E-state index in [-0.39, 0.29) is 11.2 Å². The first-order valence-electron chi connectivity index (χ1n) is 7.66. The summed E-state index contributed by atoms with van der Waals surface area (Å²) in [4.78, 5) is 0. The number of hydrogen-bond donors (Lipinski definition) is 1. The second-order valence-corrected chi connectivity index (χ2v) is 12.2. The molecule has 1 atom stereocenters. The third-order valence-corrected chi connectivity index (χ3v) is 7.41. The van der Waals surface area contributed by atoms with E-state index in [0.29, 0.717) is 0 Å². The Hall–Kier alpha value is -2.00. The molecule has 22 heavy (non-hydrogen) atoms. The van der Waals surface area contributed by atoms with Crippen molar-refractivity contribution < 1.29 is 9.84 Å². The lowest BCUT2D eigenvalue weighted by Gasteiger charge is -2.51. The minimum Gasteiger partial charge on any atom is -0.481 e. The summed E-state index contributed by atoms with van der Waals surface area (Å²) in [7, 11) is -1.73. The Morgan fingerprint density at radius 2 is 1.45 bits per heavy atom. The predicted molar refractivity (Wildman–Crippen MR) is 93.3 cm³/mol. The van der Waals surface area contributed by atoms with Crippen LogP contribution in [0, 0.1) is 0 Å². The first-order valence-corrected chi connectivity index (χ1v) is 11.2. The molecule has 3 rings (SSSR count). The van der Waals surface area contributed by atoms with E-state index < -0.39 is 8.07 Å². The molecule has 0 bridgehead atoms. The van der Waals surface area contributed by atoms with Crippen LogP contribution >= 0.6 is 0 Å². The third kappa shape index (κ3) is 2.35. The smallest absolute Gasteiger partial charge is 0.284 e. The first kappa shape index (κ1) is 14.9. The van der Waals surface area contributed by atoms with Crippen LogP contribution in [0.4, 0.5) is 0 Å². The highest BCUT2D eigenvalue weighted by molar-refractivity contribution is 6.81. The maximum atomic E-state index is 10.2. The molecule has 114 valence electrons. The van der Waals surface area contributed by atoms with Gasteiger partial charge in [0.15, 0.2) is 0 Å². The Morgan fingerprint density at radius 1 is 0.909 bits per heavy atom. The molecule has 1 aliphatic heterocycles. The molecule has 1 heterocycles. The van der Waals surface area contributed by atoms with E-state index in [1.165, 1.54) is 5.56 Å². The van der Waals surface area contributed by atoms with Crippen molar-refractivity contribution >= 4 is 13.6 Å². The number of hydrogen-bond acceptors (Lipinski definition) is 2. The zero-order chi connectivity index (χ0) is 15.8. The van der Waals surface area contributed by atoms with Crippen molar-refractivity contribution in [1.29, 1.82) is 0 Å². The number of aliphatic hydroxyl groups excluding tert-OH is 1. The molecule has 2 aromatic carbocycles. The largest absolute Gasteiger partial charge is 0.481 e. The fourth-order valence-corrected chi connectivity index (χ4v) is 5.29. The minimum atomic E-state index is -1.73. The van der Waals surface area contributed by atoms with E-state index in [1.807, 2.05) is 36.4 Å². The molecule has 0 fully saturated rings. The van der Waals surface area contributed by atoms with Crippen LogP contribution in [-0.4, -0.2) is 18.4 Å². The highest BCUT2D eigenvalue weighted by atomic mass is 28.3. The lowest BCUT2D eigenvalue weighted by molar-refractivity contribution is -0.0125. The molecule has 1 aliphatic rings. The first-order chi connectivity index (χ1) is 10.4. The predicted octanol–water partition coefficient (Wildman–Crippen LogP) is 4.80. The van der Waals surface area contributed by atoms with Crippen LogP contribution < -0.4 is 0 Å². The minimum absolute atomic E-state index is 0.0876. The van der Waals surface area contributed by atoms with Gasteiger partial charge < -0.3 is 9.84 Å². The molecule has 0 saturated carbocycles. The monoisotopic (exact) mass is 310 g/mol. The summed E-state index contributed by atoms with van der Waals surface area (Å²) in [6.07, 6.45) is 0.803. The highest BCUT2D eigenvalue weighted by Crippen LogP contribution is 2.50. The second kappa shape index (κ2) is 5.32. The molecule has 0 aliphatic carbocycles. The van der Waals surface area contributed by atoms with E-state index in [4.69, 9.17) is 4.74 Å². The summed E-state index contributed by atoms with van der Waals surface area (Å²) in [5.74, 6) is 0.0876. The Kier molecular flexibility index (Phi) is 3.61. The zero-order valence-corrected chi connectivity index (χ0v) is 14.3. The number of ether oxygens (including phenoxy) is 1. The van der Waals surface area contributed by atoms with Gasteiger partial charge in [-0.05, 0) is 11.1 Å². The topological polar surface area (TPSA) is 29.5 Å². The second-order valence-electron chi connectivity index (χ2n) is 6.89. The molecule has 0 radical (unpaired) electrons. The number of aliphatic hydroxyl groups is 1. The van der Waals surface area contributed by atoms with Crippen molar-refractivity contribution in [3.05, 3.63) is 77.7 Å². The van der Waals surface area contributed by atoms with Crippen LogP contribution in [0.15, 0.2) is 66.6 Å². The lowest BCUT2D eigenvalue weighted by Crippen LogP contribution is -2.61. The van der Waals surface area contributed by atoms with Crippen LogP contribution in [-0.2, 0) is 11.2 Å². The van der Waals surface area contributed by atoms with Crippen LogP contribution in [0.25, 0.3) is 5.57 Å². The maximum Gasteiger partial charge on any atom is 0.284 e. The lowest BCUT2D eigenvalue weighted by atomic mass is 9.92. The van der Waals surface area contributed by atoms with Crippen molar-refractivity contribution in [2.24, 2.45) is 0 Å².